The van der Waals surface area contributed by atoms with Crippen molar-refractivity contribution in [1.82, 2.24) is 0 Å². The topological polar surface area (TPSA) is 18.5 Å². The molecule has 41 heavy (non-hydrogen) atoms. The predicted octanol–water partition coefficient (Wildman–Crippen LogP) is 8.16. The van der Waals surface area contributed by atoms with Crippen molar-refractivity contribution in [3.8, 4) is 0 Å². The van der Waals surface area contributed by atoms with Crippen LogP contribution < -0.4 is 21.2 Å². The van der Waals surface area contributed by atoms with E-state index in [1.807, 2.05) is 13.8 Å². The van der Waals surface area contributed by atoms with E-state index in [1.54, 1.807) is 14.2 Å². The van der Waals surface area contributed by atoms with Crippen molar-refractivity contribution in [3.05, 3.63) is 121 Å². The van der Waals surface area contributed by atoms with Gasteiger partial charge in [-0.05, 0) is 55.8 Å². The summed E-state index contributed by atoms with van der Waals surface area (Å²) in [6.45, 7) is 4.00. The third kappa shape index (κ3) is 17.0. The summed E-state index contributed by atoms with van der Waals surface area (Å²) in [5, 5.41) is 5.94. The van der Waals surface area contributed by atoms with Crippen LogP contribution in [-0.4, -0.2) is 33.8 Å². The Morgan fingerprint density at radius 1 is 0.512 bits per heavy atom. The Labute approximate surface area is 254 Å². The van der Waals surface area contributed by atoms with Crippen molar-refractivity contribution in [1.29, 1.82) is 0 Å². The molecule has 0 N–H and O–H groups in total. The Balaban J connectivity index is 0.000000597. The Morgan fingerprint density at radius 3 is 0.902 bits per heavy atom. The van der Waals surface area contributed by atoms with Gasteiger partial charge in [-0.1, -0.05) is 135 Å². The van der Waals surface area contributed by atoms with Crippen LogP contribution in [0.5, 0.6) is 0 Å². The minimum atomic E-state index is -6.00. The van der Waals surface area contributed by atoms with E-state index in [0.29, 0.717) is 0 Å². The van der Waals surface area contributed by atoms with Gasteiger partial charge in [0.2, 0.25) is 0 Å². The fraction of sp³-hybridized carbons (Fsp3) is 0.226. The van der Waals surface area contributed by atoms with Gasteiger partial charge in [0.25, 0.3) is 0 Å². The second-order valence-corrected chi connectivity index (χ2v) is 14.0. The van der Waals surface area contributed by atoms with Crippen molar-refractivity contribution in [2.45, 2.75) is 20.3 Å². The van der Waals surface area contributed by atoms with E-state index in [2.05, 4.69) is 128 Å². The third-order valence-electron chi connectivity index (χ3n) is 5.14. The molecule has 0 aromatic heterocycles. The van der Waals surface area contributed by atoms with Gasteiger partial charge in [-0.3, -0.25) is 0 Å². The predicted molar refractivity (Wildman–Crippen MR) is 168 cm³/mol. The molecule has 4 aromatic rings. The number of rotatable bonds is 10. The van der Waals surface area contributed by atoms with E-state index in [-0.39, 0.29) is 34.6 Å². The summed E-state index contributed by atoms with van der Waals surface area (Å²) in [6, 6.07) is 44.3. The van der Waals surface area contributed by atoms with Crippen LogP contribution in [0.25, 0.3) is 0 Å². The van der Waals surface area contributed by atoms with Crippen molar-refractivity contribution < 1.29 is 42.9 Å². The molecular weight excluding hydrogens is 660 g/mol. The Kier molecular flexibility index (Phi) is 20.5. The van der Waals surface area contributed by atoms with Gasteiger partial charge in [0.1, 0.15) is 0 Å². The molecule has 0 aliphatic heterocycles. The molecule has 10 heteroatoms. The third-order valence-corrected chi connectivity index (χ3v) is 10.9. The largest absolute Gasteiger partial charge is 0.673 e. The van der Waals surface area contributed by atoms with Crippen molar-refractivity contribution in [3.63, 3.8) is 0 Å². The number of halogens is 4. The van der Waals surface area contributed by atoms with Gasteiger partial charge in [0.15, 0.2) is 0 Å². The summed E-state index contributed by atoms with van der Waals surface area (Å²) in [7, 11) is -3.40. The molecule has 0 aliphatic rings. The van der Waals surface area contributed by atoms with E-state index in [4.69, 9.17) is 0 Å². The van der Waals surface area contributed by atoms with Crippen LogP contribution >= 0.6 is 15.8 Å². The molecule has 226 valence electrons. The van der Waals surface area contributed by atoms with E-state index in [9.17, 15) is 17.3 Å². The summed E-state index contributed by atoms with van der Waals surface area (Å²) >= 11 is 0.0444. The van der Waals surface area contributed by atoms with E-state index < -0.39 is 7.25 Å². The van der Waals surface area contributed by atoms with E-state index in [0.717, 1.165) is 0 Å². The first kappa shape index (κ1) is 37.1. The number of hydrogen-bond donors (Lipinski definition) is 0. The van der Waals surface area contributed by atoms with Crippen LogP contribution in [0.4, 0.5) is 17.3 Å². The summed E-state index contributed by atoms with van der Waals surface area (Å²) in [4.78, 5) is 0. The van der Waals surface area contributed by atoms with Crippen LogP contribution in [-0.2, 0) is 25.6 Å². The molecular formula is C31H38BF4O2P2Pd-. The smallest absolute Gasteiger partial charge is 0.418 e. The van der Waals surface area contributed by atoms with Crippen molar-refractivity contribution in [2.24, 2.45) is 0 Å². The zero-order valence-electron chi connectivity index (χ0n) is 23.8. The summed E-state index contributed by atoms with van der Waals surface area (Å²) in [5.74, 6) is 0. The maximum absolute atomic E-state index is 9.75. The molecule has 0 saturated carbocycles. The number of benzene rings is 4. The first-order valence-electron chi connectivity index (χ1n) is 13.1. The van der Waals surface area contributed by atoms with Gasteiger partial charge < -0.3 is 17.3 Å². The molecule has 0 unspecified atom stereocenters. The average Bonchev–Trinajstić information content (AvgIpc) is 3.00. The maximum Gasteiger partial charge on any atom is 0.673 e. The Hall–Kier alpha value is -1.89. The van der Waals surface area contributed by atoms with Crippen LogP contribution in [0.15, 0.2) is 121 Å². The number of hydrogen-bond acceptors (Lipinski definition) is 2. The molecule has 2 nitrogen and oxygen atoms in total. The molecule has 0 atom stereocenters. The molecule has 0 aliphatic carbocycles. The zero-order valence-corrected chi connectivity index (χ0v) is 27.1. The Bertz CT molecular complexity index is 976. The van der Waals surface area contributed by atoms with Crippen LogP contribution in [0.1, 0.15) is 20.3 Å². The molecule has 0 radical (unpaired) electrons. The first-order valence-corrected chi connectivity index (χ1v) is 17.4. The summed E-state index contributed by atoms with van der Waals surface area (Å²) in [5.41, 5.74) is 0. The monoisotopic (exact) mass is 697 g/mol. The second kappa shape index (κ2) is 22.7. The standard InChI is InChI=1S/C27H26P2.C2H6.2CH3O.BF4.Pd/c1-5-14-24(15-6-1)28(25-16-7-2-8-17-25)22-13-23-29(26-18-9-3-10-19-26)27-20-11-4-12-21-27;3*1-2;2-1(3,4)5;/h1-12,14-21H,13,22-23H2;1-2H3;2*1H3;;/q;;3*-1;+2. The molecule has 4 aromatic carbocycles. The average molecular weight is 698 g/mol. The van der Waals surface area contributed by atoms with Gasteiger partial charge in [0.05, 0.1) is 0 Å². The van der Waals surface area contributed by atoms with Crippen LogP contribution in [0.3, 0.4) is 0 Å². The normalized spacial score (nSPS) is 10.6. The van der Waals surface area contributed by atoms with Gasteiger partial charge in [-0.25, -0.2) is 0 Å². The zero-order chi connectivity index (χ0) is 30.3. The Morgan fingerprint density at radius 2 is 0.732 bits per heavy atom. The van der Waals surface area contributed by atoms with Crippen LogP contribution in [0.2, 0.25) is 0 Å². The van der Waals surface area contributed by atoms with Crippen LogP contribution in [0, 0.1) is 0 Å². The van der Waals surface area contributed by atoms with Gasteiger partial charge in [-0.15, -0.1) is 0 Å². The first-order chi connectivity index (χ1) is 19.8. The SMILES string of the molecule is CC.C[O][Pd][O]C.F[B-](F)(F)F.c1ccc(P(CCCP(c2ccccc2)c2ccccc2)c2ccccc2)cc1. The molecule has 0 heterocycles. The fourth-order valence-electron chi connectivity index (χ4n) is 3.69. The van der Waals surface area contributed by atoms with Gasteiger partial charge >= 0.3 is 47.1 Å². The molecule has 0 spiro atoms. The molecule has 0 bridgehead atoms. The molecule has 0 fully saturated rings. The minimum Gasteiger partial charge on any atom is -0.418 e. The molecule has 4 rings (SSSR count). The van der Waals surface area contributed by atoms with Gasteiger partial charge in [-0.2, -0.15) is 0 Å². The maximum atomic E-state index is 9.75. The summed E-state index contributed by atoms with van der Waals surface area (Å²) in [6.07, 6.45) is 3.72. The summed E-state index contributed by atoms with van der Waals surface area (Å²) < 4.78 is 48.0. The fourth-order valence-corrected chi connectivity index (χ4v) is 8.90. The second-order valence-electron chi connectivity index (χ2n) is 7.80. The minimum absolute atomic E-state index is 0.0444. The van der Waals surface area contributed by atoms with E-state index >= 15 is 0 Å². The van der Waals surface area contributed by atoms with Crippen molar-refractivity contribution >= 4 is 44.3 Å². The molecule has 0 amide bonds. The van der Waals surface area contributed by atoms with Gasteiger partial charge in [0, 0.05) is 0 Å². The molecule has 0 saturated heterocycles. The quantitative estimate of drug-likeness (QED) is 0.0947. The van der Waals surface area contributed by atoms with E-state index in [1.165, 1.54) is 40.0 Å². The van der Waals surface area contributed by atoms with Crippen molar-refractivity contribution in [2.75, 3.05) is 26.5 Å².